The van der Waals surface area contributed by atoms with Gasteiger partial charge in [0.2, 0.25) is 0 Å². The van der Waals surface area contributed by atoms with Crippen LogP contribution >= 0.6 is 0 Å². The van der Waals surface area contributed by atoms with Crippen LogP contribution in [0.25, 0.3) is 0 Å². The van der Waals surface area contributed by atoms with Gasteiger partial charge in [0.1, 0.15) is 11.6 Å². The van der Waals surface area contributed by atoms with E-state index in [1.165, 1.54) is 19.2 Å². The predicted molar refractivity (Wildman–Crippen MR) is 150 cm³/mol. The molecule has 40 heavy (non-hydrogen) atoms. The molecule has 1 amide bonds. The van der Waals surface area contributed by atoms with Gasteiger partial charge in [0.05, 0.1) is 27.0 Å². The Morgan fingerprint density at radius 1 is 0.875 bits per heavy atom. The third kappa shape index (κ3) is 5.04. The Balaban J connectivity index is 1.55. The summed E-state index contributed by atoms with van der Waals surface area (Å²) >= 11 is 0. The molecule has 0 saturated carbocycles. The molecule has 3 aromatic carbocycles. The molecule has 2 atom stereocenters. The summed E-state index contributed by atoms with van der Waals surface area (Å²) in [4.78, 5) is 27.7. The van der Waals surface area contributed by atoms with Crippen LogP contribution in [0.4, 0.5) is 10.1 Å². The van der Waals surface area contributed by atoms with Crippen LogP contribution in [-0.4, -0.2) is 33.0 Å². The van der Waals surface area contributed by atoms with Crippen LogP contribution in [0.5, 0.6) is 17.2 Å². The summed E-state index contributed by atoms with van der Waals surface area (Å²) in [5, 5.41) is 6.29. The number of anilines is 1. The number of carbonyl (C=O) groups is 2. The first-order valence-corrected chi connectivity index (χ1v) is 13.0. The summed E-state index contributed by atoms with van der Waals surface area (Å²) in [6.07, 6.45) is 0.781. The topological polar surface area (TPSA) is 85.9 Å². The number of dihydropyridines is 1. The van der Waals surface area contributed by atoms with Crippen molar-refractivity contribution in [1.82, 2.24) is 5.32 Å². The molecule has 0 spiro atoms. The predicted octanol–water partition coefficient (Wildman–Crippen LogP) is 5.85. The number of nitrogens with one attached hydrogen (secondary N) is 2. The van der Waals surface area contributed by atoms with E-state index in [-0.39, 0.29) is 18.1 Å². The maximum absolute atomic E-state index is 14.5. The van der Waals surface area contributed by atoms with Gasteiger partial charge in [-0.05, 0) is 66.8 Å². The summed E-state index contributed by atoms with van der Waals surface area (Å²) in [6, 6.07) is 18.8. The van der Waals surface area contributed by atoms with Crippen molar-refractivity contribution >= 4 is 17.4 Å². The molecule has 2 aliphatic rings. The van der Waals surface area contributed by atoms with Crippen molar-refractivity contribution in [3.63, 3.8) is 0 Å². The van der Waals surface area contributed by atoms with E-state index in [0.717, 1.165) is 11.3 Å². The quantitative estimate of drug-likeness (QED) is 0.390. The number of para-hydroxylation sites is 2. The smallest absolute Gasteiger partial charge is 0.254 e. The number of hydrogen-bond donors (Lipinski definition) is 2. The zero-order valence-electron chi connectivity index (χ0n) is 22.8. The Kier molecular flexibility index (Phi) is 7.60. The summed E-state index contributed by atoms with van der Waals surface area (Å²) < 4.78 is 30.7. The molecule has 0 fully saturated rings. The van der Waals surface area contributed by atoms with E-state index in [4.69, 9.17) is 14.2 Å². The number of allylic oxidation sites excluding steroid dienone is 3. The van der Waals surface area contributed by atoms with Gasteiger partial charge >= 0.3 is 0 Å². The van der Waals surface area contributed by atoms with Gasteiger partial charge in [0, 0.05) is 34.9 Å². The van der Waals surface area contributed by atoms with Gasteiger partial charge in [-0.2, -0.15) is 0 Å². The first-order chi connectivity index (χ1) is 19.3. The van der Waals surface area contributed by atoms with E-state index < -0.39 is 17.6 Å². The molecule has 1 aliphatic heterocycles. The van der Waals surface area contributed by atoms with Crippen molar-refractivity contribution in [1.29, 1.82) is 0 Å². The Labute approximate surface area is 232 Å². The SMILES string of the molecule is COc1ccccc1NC(=O)C1=C(C)NC2=C(C(=O)C[C@H](c3ccc(OC)c(OC)c3)C2)[C@@H]1c1cccc(F)c1. The zero-order valence-corrected chi connectivity index (χ0v) is 22.8. The van der Waals surface area contributed by atoms with Crippen LogP contribution in [0.2, 0.25) is 0 Å². The normalized spacial score (nSPS) is 18.6. The Hall–Kier alpha value is -4.59. The lowest BCUT2D eigenvalue weighted by Gasteiger charge is -2.37. The fourth-order valence-electron chi connectivity index (χ4n) is 5.64. The zero-order chi connectivity index (χ0) is 28.4. The molecule has 206 valence electrons. The summed E-state index contributed by atoms with van der Waals surface area (Å²) in [5.74, 6) is -0.0714. The number of hydrogen-bond acceptors (Lipinski definition) is 6. The third-order valence-electron chi connectivity index (χ3n) is 7.49. The molecule has 0 aromatic heterocycles. The molecule has 5 rings (SSSR count). The van der Waals surface area contributed by atoms with Gasteiger partial charge in [0.25, 0.3) is 5.91 Å². The highest BCUT2D eigenvalue weighted by Gasteiger charge is 2.41. The van der Waals surface area contributed by atoms with Crippen molar-refractivity contribution in [2.24, 2.45) is 0 Å². The van der Waals surface area contributed by atoms with E-state index in [2.05, 4.69) is 10.6 Å². The van der Waals surface area contributed by atoms with Crippen molar-refractivity contribution < 1.29 is 28.2 Å². The second-order valence-electron chi connectivity index (χ2n) is 9.84. The molecule has 1 aliphatic carbocycles. The fraction of sp³-hybridized carbons (Fsp3) is 0.250. The van der Waals surface area contributed by atoms with Gasteiger partial charge < -0.3 is 24.8 Å². The number of methoxy groups -OCH3 is 3. The monoisotopic (exact) mass is 542 g/mol. The van der Waals surface area contributed by atoms with E-state index in [0.29, 0.717) is 51.8 Å². The highest BCUT2D eigenvalue weighted by molar-refractivity contribution is 6.10. The molecule has 7 nitrogen and oxygen atoms in total. The van der Waals surface area contributed by atoms with Crippen LogP contribution in [0.3, 0.4) is 0 Å². The van der Waals surface area contributed by atoms with E-state index in [1.54, 1.807) is 51.5 Å². The van der Waals surface area contributed by atoms with Gasteiger partial charge in [-0.3, -0.25) is 9.59 Å². The lowest BCUT2D eigenvalue weighted by Crippen LogP contribution is -2.37. The lowest BCUT2D eigenvalue weighted by atomic mass is 9.71. The first kappa shape index (κ1) is 27.0. The summed E-state index contributed by atoms with van der Waals surface area (Å²) in [5.41, 5.74) is 4.15. The van der Waals surface area contributed by atoms with Gasteiger partial charge in [0.15, 0.2) is 17.3 Å². The Morgan fingerprint density at radius 2 is 1.62 bits per heavy atom. The molecule has 1 heterocycles. The average molecular weight is 543 g/mol. The number of Topliss-reactive ketones (excluding diaryl/α,β-unsaturated/α-hetero) is 1. The lowest BCUT2D eigenvalue weighted by molar-refractivity contribution is -0.116. The number of ether oxygens (including phenoxy) is 3. The minimum atomic E-state index is -0.736. The van der Waals surface area contributed by atoms with Crippen LogP contribution in [0.15, 0.2) is 89.3 Å². The molecule has 0 bridgehead atoms. The van der Waals surface area contributed by atoms with E-state index >= 15 is 0 Å². The minimum absolute atomic E-state index is 0.0992. The largest absolute Gasteiger partial charge is 0.495 e. The van der Waals surface area contributed by atoms with Crippen molar-refractivity contribution in [3.05, 3.63) is 106 Å². The molecule has 3 aromatic rings. The van der Waals surface area contributed by atoms with Crippen molar-refractivity contribution in [2.75, 3.05) is 26.6 Å². The van der Waals surface area contributed by atoms with Crippen molar-refractivity contribution in [2.45, 2.75) is 31.6 Å². The molecule has 0 saturated heterocycles. The van der Waals surface area contributed by atoms with Crippen LogP contribution < -0.4 is 24.8 Å². The highest BCUT2D eigenvalue weighted by Crippen LogP contribution is 2.46. The second-order valence-corrected chi connectivity index (χ2v) is 9.84. The number of carbonyl (C=O) groups excluding carboxylic acids is 2. The molecular formula is C32H31FN2O5. The highest BCUT2D eigenvalue weighted by atomic mass is 19.1. The number of amides is 1. The molecule has 0 unspecified atom stereocenters. The van der Waals surface area contributed by atoms with Gasteiger partial charge in [-0.25, -0.2) is 4.39 Å². The second kappa shape index (κ2) is 11.3. The maximum atomic E-state index is 14.5. The standard InChI is InChI=1S/C32H31FN2O5/c1-18-29(32(37)35-23-10-5-6-11-26(23)38-2)30(20-8-7-9-22(33)14-20)31-24(34-18)15-21(16-25(31)36)19-12-13-27(39-3)28(17-19)40-4/h5-14,17,21,30,34H,15-16H2,1-4H3,(H,35,37)/t21-,30-/m1/s1. The Bertz CT molecular complexity index is 1540. The minimum Gasteiger partial charge on any atom is -0.495 e. The van der Waals surface area contributed by atoms with E-state index in [9.17, 15) is 14.0 Å². The fourth-order valence-corrected chi connectivity index (χ4v) is 5.64. The van der Waals surface area contributed by atoms with Gasteiger partial charge in [-0.1, -0.05) is 30.3 Å². The molecule has 0 radical (unpaired) electrons. The number of benzene rings is 3. The van der Waals surface area contributed by atoms with Gasteiger partial charge in [-0.15, -0.1) is 0 Å². The number of rotatable bonds is 7. The van der Waals surface area contributed by atoms with E-state index in [1.807, 2.05) is 24.3 Å². The van der Waals surface area contributed by atoms with Crippen molar-refractivity contribution in [3.8, 4) is 17.2 Å². The van der Waals surface area contributed by atoms with Crippen LogP contribution in [-0.2, 0) is 9.59 Å². The summed E-state index contributed by atoms with van der Waals surface area (Å²) in [7, 11) is 4.68. The van der Waals surface area contributed by atoms with Crippen LogP contribution in [0.1, 0.15) is 42.7 Å². The Morgan fingerprint density at radius 3 is 2.35 bits per heavy atom. The third-order valence-corrected chi connectivity index (χ3v) is 7.49. The number of ketones is 1. The molecule has 8 heteroatoms. The molecule has 2 N–H and O–H groups in total. The average Bonchev–Trinajstić information content (AvgIpc) is 2.96. The first-order valence-electron chi connectivity index (χ1n) is 13.0. The summed E-state index contributed by atoms with van der Waals surface area (Å²) in [6.45, 7) is 1.80. The number of halogens is 1. The molecular weight excluding hydrogens is 511 g/mol. The van der Waals surface area contributed by atoms with Crippen LogP contribution in [0, 0.1) is 5.82 Å². The maximum Gasteiger partial charge on any atom is 0.254 e.